The van der Waals surface area contributed by atoms with Gasteiger partial charge in [-0.2, -0.15) is 0 Å². The molecule has 0 spiro atoms. The van der Waals surface area contributed by atoms with E-state index < -0.39 is 6.67 Å². The molecule has 0 N–H and O–H groups in total. The molecule has 1 aliphatic heterocycles. The number of halogens is 1. The fourth-order valence-electron chi connectivity index (χ4n) is 2.31. The highest BCUT2D eigenvalue weighted by atomic mass is 32.2. The second-order valence-corrected chi connectivity index (χ2v) is 6.08. The quantitative estimate of drug-likeness (QED) is 0.810. The molecule has 1 unspecified atom stereocenters. The van der Waals surface area contributed by atoms with Crippen molar-refractivity contribution < 1.29 is 18.7 Å². The third kappa shape index (κ3) is 4.20. The fraction of sp³-hybridized carbons (Fsp3) is 0.467. The zero-order chi connectivity index (χ0) is 15.2. The van der Waals surface area contributed by atoms with E-state index in [9.17, 15) is 14.0 Å². The minimum Gasteiger partial charge on any atom is -0.489 e. The van der Waals surface area contributed by atoms with Gasteiger partial charge in [-0.05, 0) is 18.1 Å². The van der Waals surface area contributed by atoms with Crippen LogP contribution >= 0.6 is 11.8 Å². The summed E-state index contributed by atoms with van der Waals surface area (Å²) in [6.07, 6.45) is 0.428. The Morgan fingerprint density at radius 2 is 2.24 bits per heavy atom. The standard InChI is InChI=1S/C15H18FNO3S/c1-11(18)21-10-12-8-15(19)17(9-12)13-4-2-3-5-14(13)20-7-6-16/h2-5,12H,6-10H2,1H3. The maximum Gasteiger partial charge on any atom is 0.227 e. The van der Waals surface area contributed by atoms with Crippen molar-refractivity contribution in [2.24, 2.45) is 5.92 Å². The SMILES string of the molecule is CC(=O)SCC1CC(=O)N(c2ccccc2OCCF)C1. The van der Waals surface area contributed by atoms with E-state index in [1.54, 1.807) is 23.1 Å². The summed E-state index contributed by atoms with van der Waals surface area (Å²) in [6.45, 7) is 1.50. The number of carbonyl (C=O) groups is 2. The monoisotopic (exact) mass is 311 g/mol. The molecule has 1 aromatic rings. The molecular weight excluding hydrogens is 293 g/mol. The van der Waals surface area contributed by atoms with Gasteiger partial charge in [0, 0.05) is 25.6 Å². The highest BCUT2D eigenvalue weighted by Crippen LogP contribution is 2.33. The van der Waals surface area contributed by atoms with Crippen molar-refractivity contribution in [2.45, 2.75) is 13.3 Å². The molecule has 1 fully saturated rings. The Bertz CT molecular complexity index is 523. The number of ether oxygens (including phenoxy) is 1. The van der Waals surface area contributed by atoms with Crippen molar-refractivity contribution in [3.8, 4) is 5.75 Å². The summed E-state index contributed by atoms with van der Waals surface area (Å²) in [5.41, 5.74) is 0.672. The molecule has 1 aromatic carbocycles. The molecule has 1 saturated heterocycles. The third-order valence-electron chi connectivity index (χ3n) is 3.22. The first-order valence-corrected chi connectivity index (χ1v) is 7.82. The van der Waals surface area contributed by atoms with Gasteiger partial charge in [-0.15, -0.1) is 0 Å². The number of hydrogen-bond donors (Lipinski definition) is 0. The predicted molar refractivity (Wildman–Crippen MR) is 81.5 cm³/mol. The summed E-state index contributed by atoms with van der Waals surface area (Å²) in [4.78, 5) is 24.8. The molecule has 114 valence electrons. The minimum atomic E-state index is -0.569. The van der Waals surface area contributed by atoms with Crippen LogP contribution in [0.4, 0.5) is 10.1 Å². The van der Waals surface area contributed by atoms with E-state index in [4.69, 9.17) is 4.74 Å². The van der Waals surface area contributed by atoms with Crippen molar-refractivity contribution in [1.29, 1.82) is 0 Å². The van der Waals surface area contributed by atoms with Crippen molar-refractivity contribution in [3.05, 3.63) is 24.3 Å². The van der Waals surface area contributed by atoms with Crippen LogP contribution in [0.1, 0.15) is 13.3 Å². The molecule has 1 heterocycles. The fourth-order valence-corrected chi connectivity index (χ4v) is 3.01. The smallest absolute Gasteiger partial charge is 0.227 e. The molecule has 0 radical (unpaired) electrons. The van der Waals surface area contributed by atoms with Crippen LogP contribution in [0.3, 0.4) is 0 Å². The highest BCUT2D eigenvalue weighted by Gasteiger charge is 2.32. The number of nitrogens with zero attached hydrogens (tertiary/aromatic N) is 1. The zero-order valence-electron chi connectivity index (χ0n) is 11.9. The lowest BCUT2D eigenvalue weighted by Gasteiger charge is -2.20. The van der Waals surface area contributed by atoms with Gasteiger partial charge in [0.15, 0.2) is 5.12 Å². The van der Waals surface area contributed by atoms with Gasteiger partial charge in [0.2, 0.25) is 5.91 Å². The first kappa shape index (κ1) is 15.8. The molecular formula is C15H18FNO3S. The second kappa shape index (κ2) is 7.45. The first-order valence-electron chi connectivity index (χ1n) is 6.83. The van der Waals surface area contributed by atoms with E-state index in [1.807, 2.05) is 6.07 Å². The number of para-hydroxylation sites is 2. The molecule has 1 aliphatic rings. The molecule has 4 nitrogen and oxygen atoms in total. The van der Waals surface area contributed by atoms with Crippen LogP contribution in [-0.2, 0) is 9.59 Å². The van der Waals surface area contributed by atoms with Crippen molar-refractivity contribution >= 4 is 28.5 Å². The second-order valence-electron chi connectivity index (χ2n) is 4.88. The highest BCUT2D eigenvalue weighted by molar-refractivity contribution is 8.13. The molecule has 6 heteroatoms. The van der Waals surface area contributed by atoms with E-state index in [-0.39, 0.29) is 23.5 Å². The maximum absolute atomic E-state index is 12.3. The maximum atomic E-state index is 12.3. The average molecular weight is 311 g/mol. The Morgan fingerprint density at radius 3 is 2.95 bits per heavy atom. The van der Waals surface area contributed by atoms with E-state index >= 15 is 0 Å². The van der Waals surface area contributed by atoms with Crippen LogP contribution in [0.15, 0.2) is 24.3 Å². The molecule has 0 saturated carbocycles. The number of amides is 1. The van der Waals surface area contributed by atoms with Crippen molar-refractivity contribution in [1.82, 2.24) is 0 Å². The average Bonchev–Trinajstić information content (AvgIpc) is 2.84. The number of alkyl halides is 1. The lowest BCUT2D eigenvalue weighted by Crippen LogP contribution is -2.25. The summed E-state index contributed by atoms with van der Waals surface area (Å²) in [5, 5.41) is 0.0626. The Hall–Kier alpha value is -1.56. The van der Waals surface area contributed by atoms with Crippen LogP contribution in [-0.4, -0.2) is 36.6 Å². The molecule has 21 heavy (non-hydrogen) atoms. The molecule has 1 atom stereocenters. The number of thioether (sulfide) groups is 1. The number of hydrogen-bond acceptors (Lipinski definition) is 4. The molecule has 1 amide bonds. The van der Waals surface area contributed by atoms with Gasteiger partial charge in [-0.1, -0.05) is 23.9 Å². The van der Waals surface area contributed by atoms with Crippen LogP contribution in [0.2, 0.25) is 0 Å². The Labute approximate surface area is 127 Å². The Kier molecular flexibility index (Phi) is 5.61. The van der Waals surface area contributed by atoms with E-state index in [0.29, 0.717) is 30.2 Å². The Morgan fingerprint density at radius 1 is 1.48 bits per heavy atom. The summed E-state index contributed by atoms with van der Waals surface area (Å²) in [5.74, 6) is 1.33. The first-order chi connectivity index (χ1) is 10.1. The summed E-state index contributed by atoms with van der Waals surface area (Å²) in [6, 6.07) is 7.14. The zero-order valence-corrected chi connectivity index (χ0v) is 12.7. The summed E-state index contributed by atoms with van der Waals surface area (Å²) in [7, 11) is 0. The van der Waals surface area contributed by atoms with E-state index in [0.717, 1.165) is 0 Å². The van der Waals surface area contributed by atoms with Crippen molar-refractivity contribution in [3.63, 3.8) is 0 Å². The van der Waals surface area contributed by atoms with E-state index in [1.165, 1.54) is 18.7 Å². The lowest BCUT2D eigenvalue weighted by atomic mass is 10.1. The van der Waals surface area contributed by atoms with Gasteiger partial charge in [0.05, 0.1) is 5.69 Å². The molecule has 0 aromatic heterocycles. The number of benzene rings is 1. The van der Waals surface area contributed by atoms with Crippen LogP contribution in [0, 0.1) is 5.92 Å². The minimum absolute atomic E-state index is 0.0143. The normalized spacial score (nSPS) is 18.1. The van der Waals surface area contributed by atoms with Gasteiger partial charge in [0.25, 0.3) is 0 Å². The molecule has 0 bridgehead atoms. The number of anilines is 1. The molecule has 0 aliphatic carbocycles. The predicted octanol–water partition coefficient (Wildman–Crippen LogP) is 2.67. The van der Waals surface area contributed by atoms with E-state index in [2.05, 4.69) is 0 Å². The largest absolute Gasteiger partial charge is 0.489 e. The van der Waals surface area contributed by atoms with Gasteiger partial charge < -0.3 is 9.64 Å². The summed E-state index contributed by atoms with van der Waals surface area (Å²) < 4.78 is 17.6. The van der Waals surface area contributed by atoms with Gasteiger partial charge in [-0.25, -0.2) is 4.39 Å². The van der Waals surface area contributed by atoms with Crippen LogP contribution in [0.5, 0.6) is 5.75 Å². The third-order valence-corrected chi connectivity index (χ3v) is 4.26. The van der Waals surface area contributed by atoms with Gasteiger partial charge in [-0.3, -0.25) is 9.59 Å². The number of rotatable bonds is 6. The van der Waals surface area contributed by atoms with Crippen LogP contribution in [0.25, 0.3) is 0 Å². The number of carbonyl (C=O) groups excluding carboxylic acids is 2. The van der Waals surface area contributed by atoms with Crippen molar-refractivity contribution in [2.75, 3.05) is 30.5 Å². The topological polar surface area (TPSA) is 46.6 Å². The Balaban J connectivity index is 2.07. The van der Waals surface area contributed by atoms with Gasteiger partial charge >= 0.3 is 0 Å². The summed E-state index contributed by atoms with van der Waals surface area (Å²) >= 11 is 1.25. The van der Waals surface area contributed by atoms with Crippen LogP contribution < -0.4 is 9.64 Å². The van der Waals surface area contributed by atoms with Gasteiger partial charge in [0.1, 0.15) is 19.0 Å². The lowest BCUT2D eigenvalue weighted by molar-refractivity contribution is -0.117. The molecule has 2 rings (SSSR count).